The lowest BCUT2D eigenvalue weighted by Crippen LogP contribution is -2.41. The molecule has 7 heteroatoms. The lowest BCUT2D eigenvalue weighted by atomic mass is 9.66. The molecule has 2 aromatic rings. The lowest BCUT2D eigenvalue weighted by molar-refractivity contribution is -0.151. The molecule has 0 saturated heterocycles. The zero-order chi connectivity index (χ0) is 28.6. The zero-order valence-corrected chi connectivity index (χ0v) is 23.7. The van der Waals surface area contributed by atoms with Crippen molar-refractivity contribution >= 4 is 12.3 Å². The maximum absolute atomic E-state index is 12.1. The fraction of sp³-hybridized carbons (Fsp3) is 0.533. The van der Waals surface area contributed by atoms with Crippen LogP contribution in [-0.2, 0) is 27.2 Å². The Morgan fingerprint density at radius 2 is 1.30 bits per heavy atom. The van der Waals surface area contributed by atoms with Crippen LogP contribution in [-0.4, -0.2) is 41.2 Å². The molecule has 0 fully saturated rings. The second-order valence-electron chi connectivity index (χ2n) is 10.3. The fourth-order valence-corrected chi connectivity index (χ4v) is 3.44. The first-order valence-corrected chi connectivity index (χ1v) is 13.0. The van der Waals surface area contributed by atoms with Gasteiger partial charge in [-0.1, -0.05) is 79.2 Å². The van der Waals surface area contributed by atoms with Crippen molar-refractivity contribution in [3.8, 4) is 11.5 Å². The van der Waals surface area contributed by atoms with E-state index in [1.165, 1.54) is 0 Å². The Bertz CT molecular complexity index is 909. The van der Waals surface area contributed by atoms with Crippen molar-refractivity contribution in [2.75, 3.05) is 6.61 Å². The summed E-state index contributed by atoms with van der Waals surface area (Å²) in [5, 5.41) is 18.2. The largest absolute Gasteiger partial charge is 0.508 e. The summed E-state index contributed by atoms with van der Waals surface area (Å²) in [5.74, 6) is 0.0432. The van der Waals surface area contributed by atoms with Gasteiger partial charge in [0.05, 0.1) is 12.6 Å². The number of hydrogen-bond acceptors (Lipinski definition) is 7. The van der Waals surface area contributed by atoms with E-state index >= 15 is 0 Å². The molecule has 0 aromatic heterocycles. The van der Waals surface area contributed by atoms with E-state index < -0.39 is 12.1 Å². The normalized spacial score (nSPS) is 12.7. The molecule has 0 aliphatic carbocycles. The second-order valence-corrected chi connectivity index (χ2v) is 10.3. The van der Waals surface area contributed by atoms with Gasteiger partial charge in [0.15, 0.2) is 0 Å². The minimum atomic E-state index is -0.690. The molecule has 0 aliphatic rings. The number of hydrogen-bond donors (Lipinski definition) is 4. The minimum Gasteiger partial charge on any atom is -0.508 e. The SMILES string of the molecule is CC.CCCC(C)(C)C(C)(C)COC(=O)C(N)Cc1ccc(O)cc1.NC(C=O)Cc1ccc(O)cc1. The van der Waals surface area contributed by atoms with Crippen molar-refractivity contribution in [2.24, 2.45) is 22.3 Å². The molecule has 0 saturated carbocycles. The predicted octanol–water partition coefficient (Wildman–Crippen LogP) is 5.14. The molecule has 37 heavy (non-hydrogen) atoms. The van der Waals surface area contributed by atoms with E-state index in [9.17, 15) is 14.7 Å². The summed E-state index contributed by atoms with van der Waals surface area (Å²) < 4.78 is 5.48. The average molecular weight is 517 g/mol. The first-order valence-electron chi connectivity index (χ1n) is 13.0. The van der Waals surface area contributed by atoms with Crippen LogP contribution in [0.2, 0.25) is 0 Å². The second kappa shape index (κ2) is 16.8. The van der Waals surface area contributed by atoms with E-state index in [1.54, 1.807) is 48.5 Å². The third-order valence-corrected chi connectivity index (χ3v) is 6.56. The number of esters is 1. The molecule has 0 spiro atoms. The van der Waals surface area contributed by atoms with Crippen LogP contribution in [0.3, 0.4) is 0 Å². The Hall–Kier alpha value is -2.90. The molecule has 0 bridgehead atoms. The van der Waals surface area contributed by atoms with Gasteiger partial charge in [-0.25, -0.2) is 0 Å². The zero-order valence-electron chi connectivity index (χ0n) is 23.7. The fourth-order valence-electron chi connectivity index (χ4n) is 3.44. The molecule has 2 unspecified atom stereocenters. The van der Waals surface area contributed by atoms with Crippen molar-refractivity contribution in [3.05, 3.63) is 59.7 Å². The third kappa shape index (κ3) is 12.8. The molecule has 2 rings (SSSR count). The van der Waals surface area contributed by atoms with Crippen LogP contribution in [0.5, 0.6) is 11.5 Å². The van der Waals surface area contributed by atoms with Gasteiger partial charge in [-0.05, 0) is 60.1 Å². The van der Waals surface area contributed by atoms with Crippen LogP contribution in [0.15, 0.2) is 48.5 Å². The van der Waals surface area contributed by atoms with E-state index in [4.69, 9.17) is 21.3 Å². The number of nitrogens with two attached hydrogens (primary N) is 2. The van der Waals surface area contributed by atoms with Gasteiger partial charge in [0.1, 0.15) is 23.8 Å². The average Bonchev–Trinajstić information content (AvgIpc) is 2.86. The van der Waals surface area contributed by atoms with Crippen molar-refractivity contribution in [1.82, 2.24) is 0 Å². The highest BCUT2D eigenvalue weighted by molar-refractivity contribution is 5.76. The molecule has 6 N–H and O–H groups in total. The summed E-state index contributed by atoms with van der Waals surface area (Å²) in [4.78, 5) is 22.4. The standard InChI is InChI=1S/C19H31NO3.C9H11NO2.C2H6/c1-6-11-18(2,3)19(4,5)13-23-17(22)16(20)12-14-7-9-15(21)10-8-14;10-8(6-11)5-7-1-3-9(12)4-2-7;1-2/h7-10,16,21H,6,11-13,20H2,1-5H3;1-4,6,8,12H,5,10H2;1-2H3. The highest BCUT2D eigenvalue weighted by atomic mass is 16.5. The molecule has 0 aliphatic heterocycles. The number of rotatable bonds is 11. The molecule has 208 valence electrons. The Morgan fingerprint density at radius 3 is 1.70 bits per heavy atom. The highest BCUT2D eigenvalue weighted by Gasteiger charge is 2.37. The molecule has 0 heterocycles. The summed E-state index contributed by atoms with van der Waals surface area (Å²) >= 11 is 0. The lowest BCUT2D eigenvalue weighted by Gasteiger charge is -2.41. The number of benzene rings is 2. The van der Waals surface area contributed by atoms with Crippen molar-refractivity contribution in [2.45, 2.75) is 86.2 Å². The summed E-state index contributed by atoms with van der Waals surface area (Å²) in [6.07, 6.45) is 3.82. The quantitative estimate of drug-likeness (QED) is 0.240. The smallest absolute Gasteiger partial charge is 0.323 e. The van der Waals surface area contributed by atoms with E-state index in [2.05, 4.69) is 34.6 Å². The van der Waals surface area contributed by atoms with Gasteiger partial charge in [0, 0.05) is 5.41 Å². The van der Waals surface area contributed by atoms with Gasteiger partial charge in [-0.15, -0.1) is 0 Å². The summed E-state index contributed by atoms with van der Waals surface area (Å²) in [7, 11) is 0. The third-order valence-electron chi connectivity index (χ3n) is 6.56. The van der Waals surface area contributed by atoms with Crippen LogP contribution in [0, 0.1) is 10.8 Å². The number of aldehydes is 1. The van der Waals surface area contributed by atoms with Gasteiger partial charge in [-0.2, -0.15) is 0 Å². The Kier molecular flexibility index (Phi) is 15.5. The Balaban J connectivity index is 0.000000775. The Morgan fingerprint density at radius 1 is 0.865 bits per heavy atom. The van der Waals surface area contributed by atoms with Crippen molar-refractivity contribution in [1.29, 1.82) is 0 Å². The van der Waals surface area contributed by atoms with Crippen molar-refractivity contribution in [3.63, 3.8) is 0 Å². The number of phenolic OH excluding ortho intramolecular Hbond substituents is 2. The van der Waals surface area contributed by atoms with E-state index in [0.717, 1.165) is 24.0 Å². The number of carbonyl (C=O) groups excluding carboxylic acids is 2. The van der Waals surface area contributed by atoms with Crippen LogP contribution < -0.4 is 11.5 Å². The first kappa shape index (κ1) is 34.1. The van der Waals surface area contributed by atoms with Gasteiger partial charge in [-0.3, -0.25) is 4.79 Å². The molecular weight excluding hydrogens is 468 g/mol. The molecule has 7 nitrogen and oxygen atoms in total. The van der Waals surface area contributed by atoms with Crippen molar-refractivity contribution < 1.29 is 24.5 Å². The van der Waals surface area contributed by atoms with E-state index in [1.807, 2.05) is 13.8 Å². The van der Waals surface area contributed by atoms with E-state index in [0.29, 0.717) is 25.7 Å². The van der Waals surface area contributed by atoms with Crippen LogP contribution in [0.1, 0.15) is 72.4 Å². The van der Waals surface area contributed by atoms with Crippen LogP contribution in [0.25, 0.3) is 0 Å². The van der Waals surface area contributed by atoms with Gasteiger partial charge in [0.2, 0.25) is 0 Å². The molecule has 0 amide bonds. The number of aromatic hydroxyl groups is 2. The van der Waals surface area contributed by atoms with Crippen LogP contribution >= 0.6 is 0 Å². The summed E-state index contributed by atoms with van der Waals surface area (Å²) in [5.41, 5.74) is 13.2. The molecule has 2 aromatic carbocycles. The predicted molar refractivity (Wildman–Crippen MR) is 150 cm³/mol. The number of ether oxygens (including phenoxy) is 1. The monoisotopic (exact) mass is 516 g/mol. The maximum atomic E-state index is 12.1. The maximum Gasteiger partial charge on any atom is 0.323 e. The first-order chi connectivity index (χ1) is 17.3. The van der Waals surface area contributed by atoms with E-state index in [-0.39, 0.29) is 28.3 Å². The van der Waals surface area contributed by atoms with Crippen LogP contribution in [0.4, 0.5) is 0 Å². The molecular formula is C30H48N2O5. The minimum absolute atomic E-state index is 0.0864. The van der Waals surface area contributed by atoms with Gasteiger partial charge >= 0.3 is 5.97 Å². The topological polar surface area (TPSA) is 136 Å². The van der Waals surface area contributed by atoms with Gasteiger partial charge in [0.25, 0.3) is 0 Å². The summed E-state index contributed by atoms with van der Waals surface area (Å²) in [6, 6.07) is 12.2. The summed E-state index contributed by atoms with van der Waals surface area (Å²) in [6.45, 7) is 15.2. The van der Waals surface area contributed by atoms with Gasteiger partial charge < -0.3 is 31.2 Å². The molecule has 2 atom stereocenters. The highest BCUT2D eigenvalue weighted by Crippen LogP contribution is 2.42. The molecule has 0 radical (unpaired) electrons. The number of phenols is 2. The Labute approximate surface area is 223 Å². The number of carbonyl (C=O) groups is 2.